The molecule has 1 rings (SSSR count). The van der Waals surface area contributed by atoms with Gasteiger partial charge in [-0.05, 0) is 18.2 Å². The molecule has 13 heavy (non-hydrogen) atoms. The number of nitrogens with zero attached hydrogens (tertiary/aromatic N) is 1. The highest BCUT2D eigenvalue weighted by Crippen LogP contribution is 2.12. The summed E-state index contributed by atoms with van der Waals surface area (Å²) < 4.78 is 16.9. The predicted octanol–water partition coefficient (Wildman–Crippen LogP) is 2.30. The highest BCUT2D eigenvalue weighted by Gasteiger charge is 1.95. The van der Waals surface area contributed by atoms with Crippen molar-refractivity contribution < 1.29 is 9.13 Å². The number of halogens is 1. The maximum absolute atomic E-state index is 11.7. The summed E-state index contributed by atoms with van der Waals surface area (Å²) in [6.45, 7) is -0.0245. The molecular formula is C10H10FNO. The molecule has 0 aromatic heterocycles. The van der Waals surface area contributed by atoms with Gasteiger partial charge in [-0.15, -0.1) is 0 Å². The van der Waals surface area contributed by atoms with E-state index in [1.54, 1.807) is 24.3 Å². The molecule has 0 radical (unpaired) electrons. The molecule has 0 spiro atoms. The SMILES string of the molecule is N#Cc1cccc(OCCCF)c1. The zero-order valence-corrected chi connectivity index (χ0v) is 7.16. The first-order valence-electron chi connectivity index (χ1n) is 4.06. The molecule has 0 aliphatic heterocycles. The maximum Gasteiger partial charge on any atom is 0.120 e. The van der Waals surface area contributed by atoms with E-state index >= 15 is 0 Å². The molecule has 0 heterocycles. The Morgan fingerprint density at radius 1 is 1.46 bits per heavy atom. The van der Waals surface area contributed by atoms with Crippen molar-refractivity contribution in [1.82, 2.24) is 0 Å². The fraction of sp³-hybridized carbons (Fsp3) is 0.300. The van der Waals surface area contributed by atoms with Crippen LogP contribution in [0.5, 0.6) is 5.75 Å². The number of rotatable bonds is 4. The lowest BCUT2D eigenvalue weighted by molar-refractivity contribution is 0.289. The molecule has 3 heteroatoms. The minimum absolute atomic E-state index is 0.353. The van der Waals surface area contributed by atoms with Crippen LogP contribution in [0.3, 0.4) is 0 Å². The van der Waals surface area contributed by atoms with E-state index in [0.717, 1.165) is 0 Å². The smallest absolute Gasteiger partial charge is 0.120 e. The molecule has 0 atom stereocenters. The van der Waals surface area contributed by atoms with Gasteiger partial charge < -0.3 is 4.74 Å². The van der Waals surface area contributed by atoms with Gasteiger partial charge in [-0.2, -0.15) is 5.26 Å². The molecule has 2 nitrogen and oxygen atoms in total. The first kappa shape index (κ1) is 9.53. The van der Waals surface area contributed by atoms with Crippen molar-refractivity contribution in [1.29, 1.82) is 5.26 Å². The maximum atomic E-state index is 11.7. The summed E-state index contributed by atoms with van der Waals surface area (Å²) >= 11 is 0. The fourth-order valence-electron chi connectivity index (χ4n) is 0.900. The van der Waals surface area contributed by atoms with Gasteiger partial charge in [0.2, 0.25) is 0 Å². The summed E-state index contributed by atoms with van der Waals surface area (Å²) in [6, 6.07) is 8.83. The van der Waals surface area contributed by atoms with Crippen LogP contribution in [0.1, 0.15) is 12.0 Å². The Morgan fingerprint density at radius 2 is 2.31 bits per heavy atom. The highest BCUT2D eigenvalue weighted by atomic mass is 19.1. The van der Waals surface area contributed by atoms with E-state index < -0.39 is 0 Å². The van der Waals surface area contributed by atoms with Crippen molar-refractivity contribution in [3.05, 3.63) is 29.8 Å². The van der Waals surface area contributed by atoms with Gasteiger partial charge in [0.1, 0.15) is 5.75 Å². The second kappa shape index (κ2) is 5.15. The van der Waals surface area contributed by atoms with Gasteiger partial charge in [-0.1, -0.05) is 6.07 Å². The third kappa shape index (κ3) is 3.12. The van der Waals surface area contributed by atoms with Crippen LogP contribution in [0.2, 0.25) is 0 Å². The average Bonchev–Trinajstić information content (AvgIpc) is 2.19. The molecule has 0 bridgehead atoms. The molecule has 0 unspecified atom stereocenters. The fourth-order valence-corrected chi connectivity index (χ4v) is 0.900. The molecule has 0 saturated heterocycles. The van der Waals surface area contributed by atoms with Crippen molar-refractivity contribution in [3.63, 3.8) is 0 Å². The van der Waals surface area contributed by atoms with Crippen molar-refractivity contribution in [3.8, 4) is 11.8 Å². The number of hydrogen-bond acceptors (Lipinski definition) is 2. The average molecular weight is 179 g/mol. The number of ether oxygens (including phenoxy) is 1. The molecule has 0 N–H and O–H groups in total. The Balaban J connectivity index is 2.52. The van der Waals surface area contributed by atoms with E-state index in [-0.39, 0.29) is 6.67 Å². The first-order valence-corrected chi connectivity index (χ1v) is 4.06. The third-order valence-corrected chi connectivity index (χ3v) is 1.51. The topological polar surface area (TPSA) is 33.0 Å². The molecule has 0 saturated carbocycles. The van der Waals surface area contributed by atoms with Gasteiger partial charge in [-0.3, -0.25) is 4.39 Å². The first-order chi connectivity index (χ1) is 6.36. The molecular weight excluding hydrogens is 169 g/mol. The third-order valence-electron chi connectivity index (χ3n) is 1.51. The number of benzene rings is 1. The number of hydrogen-bond donors (Lipinski definition) is 0. The Kier molecular flexibility index (Phi) is 3.77. The lowest BCUT2D eigenvalue weighted by atomic mass is 10.2. The van der Waals surface area contributed by atoms with Gasteiger partial charge in [-0.25, -0.2) is 0 Å². The molecule has 1 aromatic rings. The van der Waals surface area contributed by atoms with Crippen LogP contribution in [-0.2, 0) is 0 Å². The highest BCUT2D eigenvalue weighted by molar-refractivity contribution is 5.36. The van der Waals surface area contributed by atoms with Crippen LogP contribution in [0.25, 0.3) is 0 Å². The van der Waals surface area contributed by atoms with Crippen LogP contribution >= 0.6 is 0 Å². The minimum Gasteiger partial charge on any atom is -0.493 e. The zero-order valence-electron chi connectivity index (χ0n) is 7.16. The summed E-state index contributed by atoms with van der Waals surface area (Å²) in [5.41, 5.74) is 0.553. The van der Waals surface area contributed by atoms with Crippen LogP contribution in [0, 0.1) is 11.3 Å². The van der Waals surface area contributed by atoms with Gasteiger partial charge >= 0.3 is 0 Å². The quantitative estimate of drug-likeness (QED) is 0.664. The molecule has 68 valence electrons. The van der Waals surface area contributed by atoms with Crippen molar-refractivity contribution in [2.75, 3.05) is 13.3 Å². The second-order valence-electron chi connectivity index (χ2n) is 2.53. The van der Waals surface area contributed by atoms with Crippen LogP contribution in [0.4, 0.5) is 4.39 Å². The van der Waals surface area contributed by atoms with Crippen molar-refractivity contribution >= 4 is 0 Å². The van der Waals surface area contributed by atoms with Crippen molar-refractivity contribution in [2.24, 2.45) is 0 Å². The predicted molar refractivity (Wildman–Crippen MR) is 47.2 cm³/mol. The van der Waals surface area contributed by atoms with Gasteiger partial charge in [0.25, 0.3) is 0 Å². The second-order valence-corrected chi connectivity index (χ2v) is 2.53. The standard InChI is InChI=1S/C10H10FNO/c11-5-2-6-13-10-4-1-3-9(7-10)8-12/h1,3-4,7H,2,5-6H2. The largest absolute Gasteiger partial charge is 0.493 e. The number of alkyl halides is 1. The molecule has 0 fully saturated rings. The van der Waals surface area contributed by atoms with E-state index in [9.17, 15) is 4.39 Å². The van der Waals surface area contributed by atoms with Gasteiger partial charge in [0.05, 0.1) is 24.9 Å². The zero-order chi connectivity index (χ0) is 9.52. The Labute approximate surface area is 76.6 Å². The monoisotopic (exact) mass is 179 g/mol. The van der Waals surface area contributed by atoms with E-state index in [0.29, 0.717) is 24.3 Å². The lowest BCUT2D eigenvalue weighted by Gasteiger charge is -2.03. The Morgan fingerprint density at radius 3 is 3.00 bits per heavy atom. The van der Waals surface area contributed by atoms with Gasteiger partial charge in [0.15, 0.2) is 0 Å². The molecule has 0 aliphatic rings. The molecule has 0 amide bonds. The molecule has 0 aliphatic carbocycles. The summed E-state index contributed by atoms with van der Waals surface area (Å²) in [5.74, 6) is 0.618. The Hall–Kier alpha value is -1.56. The van der Waals surface area contributed by atoms with Crippen LogP contribution in [0.15, 0.2) is 24.3 Å². The van der Waals surface area contributed by atoms with E-state index in [2.05, 4.69) is 0 Å². The van der Waals surface area contributed by atoms with E-state index in [4.69, 9.17) is 10.00 Å². The van der Waals surface area contributed by atoms with Crippen LogP contribution < -0.4 is 4.74 Å². The minimum atomic E-state index is -0.377. The van der Waals surface area contributed by atoms with Crippen LogP contribution in [-0.4, -0.2) is 13.3 Å². The van der Waals surface area contributed by atoms with E-state index in [1.165, 1.54) is 0 Å². The normalized spacial score (nSPS) is 9.23. The lowest BCUT2D eigenvalue weighted by Crippen LogP contribution is -1.97. The Bertz CT molecular complexity index is 306. The summed E-state index contributed by atoms with van der Waals surface area (Å²) in [7, 11) is 0. The summed E-state index contributed by atoms with van der Waals surface area (Å²) in [6.07, 6.45) is 0.386. The summed E-state index contributed by atoms with van der Waals surface area (Å²) in [4.78, 5) is 0. The summed E-state index contributed by atoms with van der Waals surface area (Å²) in [5, 5.41) is 8.57. The molecule has 1 aromatic carbocycles. The van der Waals surface area contributed by atoms with E-state index in [1.807, 2.05) is 6.07 Å². The van der Waals surface area contributed by atoms with Gasteiger partial charge in [0, 0.05) is 6.42 Å². The van der Waals surface area contributed by atoms with Crippen molar-refractivity contribution in [2.45, 2.75) is 6.42 Å². The number of nitriles is 1.